The number of fused-ring (bicyclic) bond motifs is 1. The summed E-state index contributed by atoms with van der Waals surface area (Å²) in [4.78, 5) is 13.0. The zero-order chi connectivity index (χ0) is 18.2. The van der Waals surface area contributed by atoms with Gasteiger partial charge in [-0.2, -0.15) is 0 Å². The van der Waals surface area contributed by atoms with Gasteiger partial charge in [-0.1, -0.05) is 24.6 Å². The van der Waals surface area contributed by atoms with Gasteiger partial charge in [-0.15, -0.1) is 11.8 Å². The van der Waals surface area contributed by atoms with Gasteiger partial charge in [0.05, 0.1) is 21.5 Å². The van der Waals surface area contributed by atoms with Crippen LogP contribution in [-0.2, 0) is 14.8 Å². The predicted molar refractivity (Wildman–Crippen MR) is 102 cm³/mol. The molecule has 0 aromatic heterocycles. The Morgan fingerprint density at radius 1 is 1.24 bits per heavy atom. The Morgan fingerprint density at radius 3 is 2.72 bits per heavy atom. The van der Waals surface area contributed by atoms with E-state index in [4.69, 9.17) is 11.6 Å². The van der Waals surface area contributed by atoms with Crippen molar-refractivity contribution in [2.45, 2.75) is 35.3 Å². The number of halogens is 1. The number of sulfonamides is 1. The molecular weight excluding hydrogens is 380 g/mol. The molecule has 1 heterocycles. The first kappa shape index (κ1) is 18.1. The summed E-state index contributed by atoms with van der Waals surface area (Å²) in [7, 11) is -3.79. The summed E-state index contributed by atoms with van der Waals surface area (Å²) >= 11 is 7.39. The number of carbonyl (C=O) groups excluding carboxylic acids is 1. The minimum atomic E-state index is -3.79. The Bertz CT molecular complexity index is 945. The van der Waals surface area contributed by atoms with E-state index in [1.165, 1.54) is 23.9 Å². The van der Waals surface area contributed by atoms with Crippen molar-refractivity contribution in [3.8, 4) is 0 Å². The summed E-state index contributed by atoms with van der Waals surface area (Å²) in [6, 6.07) is 9.75. The highest BCUT2D eigenvalue weighted by molar-refractivity contribution is 8.01. The van der Waals surface area contributed by atoms with Gasteiger partial charge in [-0.05, 0) is 49.2 Å². The molecule has 2 aromatic carbocycles. The van der Waals surface area contributed by atoms with Gasteiger partial charge in [0, 0.05) is 9.92 Å². The third kappa shape index (κ3) is 3.78. The zero-order valence-corrected chi connectivity index (χ0v) is 16.1. The Labute approximate surface area is 156 Å². The van der Waals surface area contributed by atoms with E-state index in [9.17, 15) is 13.2 Å². The highest BCUT2D eigenvalue weighted by Gasteiger charge is 2.27. The van der Waals surface area contributed by atoms with Gasteiger partial charge in [0.2, 0.25) is 5.91 Å². The van der Waals surface area contributed by atoms with Crippen molar-refractivity contribution < 1.29 is 13.2 Å². The van der Waals surface area contributed by atoms with Crippen LogP contribution in [0.4, 0.5) is 11.4 Å². The maximum absolute atomic E-state index is 12.7. The molecule has 0 bridgehead atoms. The van der Waals surface area contributed by atoms with Crippen molar-refractivity contribution in [1.82, 2.24) is 0 Å². The van der Waals surface area contributed by atoms with Crippen LogP contribution in [0.3, 0.4) is 0 Å². The van der Waals surface area contributed by atoms with E-state index >= 15 is 0 Å². The maximum atomic E-state index is 12.7. The fourth-order valence-corrected chi connectivity index (χ4v) is 4.82. The first-order valence-corrected chi connectivity index (χ1v) is 10.4. The largest absolute Gasteiger partial charge is 0.324 e. The Morgan fingerprint density at radius 2 is 2.00 bits per heavy atom. The predicted octanol–water partition coefficient (Wildman–Crippen LogP) is 4.27. The second-order valence-corrected chi connectivity index (χ2v) is 9.09. The summed E-state index contributed by atoms with van der Waals surface area (Å²) in [6.45, 7) is 3.74. The highest BCUT2D eigenvalue weighted by Crippen LogP contribution is 2.38. The number of hydrogen-bond acceptors (Lipinski definition) is 4. The summed E-state index contributed by atoms with van der Waals surface area (Å²) < 4.78 is 27.9. The molecule has 0 aliphatic carbocycles. The lowest BCUT2D eigenvalue weighted by Crippen LogP contribution is -2.28. The van der Waals surface area contributed by atoms with Crippen LogP contribution in [0.1, 0.15) is 18.9 Å². The number of anilines is 2. The lowest BCUT2D eigenvalue weighted by atomic mass is 10.2. The molecule has 2 N–H and O–H groups in total. The molecule has 0 fully saturated rings. The average molecular weight is 397 g/mol. The molecule has 0 saturated carbocycles. The van der Waals surface area contributed by atoms with Crippen LogP contribution in [0, 0.1) is 6.92 Å². The maximum Gasteiger partial charge on any atom is 0.261 e. The molecule has 2 aromatic rings. The van der Waals surface area contributed by atoms with Crippen LogP contribution in [0.5, 0.6) is 0 Å². The molecule has 1 aliphatic rings. The number of benzene rings is 2. The number of rotatable bonds is 4. The van der Waals surface area contributed by atoms with Crippen LogP contribution >= 0.6 is 23.4 Å². The second kappa shape index (κ2) is 6.90. The molecule has 8 heteroatoms. The summed E-state index contributed by atoms with van der Waals surface area (Å²) in [5.41, 5.74) is 1.71. The van der Waals surface area contributed by atoms with Crippen molar-refractivity contribution in [2.24, 2.45) is 0 Å². The molecule has 3 rings (SSSR count). The number of carbonyl (C=O) groups is 1. The van der Waals surface area contributed by atoms with Crippen LogP contribution < -0.4 is 10.0 Å². The molecule has 0 radical (unpaired) electrons. The van der Waals surface area contributed by atoms with Crippen LogP contribution in [0.15, 0.2) is 46.2 Å². The molecule has 0 saturated heterocycles. The van der Waals surface area contributed by atoms with Gasteiger partial charge >= 0.3 is 0 Å². The Balaban J connectivity index is 1.92. The van der Waals surface area contributed by atoms with E-state index in [-0.39, 0.29) is 16.1 Å². The molecule has 5 nitrogen and oxygen atoms in total. The van der Waals surface area contributed by atoms with Crippen LogP contribution in [-0.4, -0.2) is 19.6 Å². The highest BCUT2D eigenvalue weighted by atomic mass is 35.5. The topological polar surface area (TPSA) is 75.3 Å². The minimum Gasteiger partial charge on any atom is -0.324 e. The van der Waals surface area contributed by atoms with E-state index < -0.39 is 10.0 Å². The van der Waals surface area contributed by atoms with Crippen molar-refractivity contribution in [3.05, 3.63) is 47.0 Å². The number of nitrogens with one attached hydrogen (secondary N) is 2. The lowest BCUT2D eigenvalue weighted by molar-refractivity contribution is -0.115. The smallest absolute Gasteiger partial charge is 0.261 e. The molecule has 0 spiro atoms. The second-order valence-electron chi connectivity index (χ2n) is 5.73. The molecule has 132 valence electrons. The van der Waals surface area contributed by atoms with E-state index in [2.05, 4.69) is 10.0 Å². The standard InChI is InChI=1S/C17H17ClN2O3S2/c1-3-15-17(21)19-14-9-12(6-7-16(14)24-15)25(22,23)20-13-8-11(18)5-4-10(13)2/h4-9,15,20H,3H2,1-2H3,(H,19,21)/t15-/m0/s1. The average Bonchev–Trinajstić information content (AvgIpc) is 2.56. The molecular formula is C17H17ClN2O3S2. The summed E-state index contributed by atoms with van der Waals surface area (Å²) in [6.07, 6.45) is 0.714. The molecule has 25 heavy (non-hydrogen) atoms. The van der Waals surface area contributed by atoms with E-state index in [1.807, 2.05) is 6.92 Å². The van der Waals surface area contributed by atoms with Crippen molar-refractivity contribution >= 4 is 50.7 Å². The Hall–Kier alpha value is -1.70. The third-order valence-electron chi connectivity index (χ3n) is 3.90. The zero-order valence-electron chi connectivity index (χ0n) is 13.7. The lowest BCUT2D eigenvalue weighted by Gasteiger charge is -2.23. The van der Waals surface area contributed by atoms with Gasteiger partial charge in [0.1, 0.15) is 0 Å². The first-order chi connectivity index (χ1) is 11.8. The molecule has 1 atom stereocenters. The van der Waals surface area contributed by atoms with Gasteiger partial charge < -0.3 is 5.32 Å². The first-order valence-electron chi connectivity index (χ1n) is 7.70. The minimum absolute atomic E-state index is 0.0847. The van der Waals surface area contributed by atoms with Crippen molar-refractivity contribution in [2.75, 3.05) is 10.0 Å². The van der Waals surface area contributed by atoms with E-state index in [0.29, 0.717) is 22.8 Å². The summed E-state index contributed by atoms with van der Waals surface area (Å²) in [5, 5.41) is 3.08. The van der Waals surface area contributed by atoms with E-state index in [0.717, 1.165) is 10.5 Å². The van der Waals surface area contributed by atoms with Crippen molar-refractivity contribution in [1.29, 1.82) is 0 Å². The van der Waals surface area contributed by atoms with Gasteiger partial charge in [-0.3, -0.25) is 9.52 Å². The number of aryl methyl sites for hydroxylation is 1. The number of amides is 1. The molecule has 1 amide bonds. The van der Waals surface area contributed by atoms with E-state index in [1.54, 1.807) is 31.2 Å². The fourth-order valence-electron chi connectivity index (χ4n) is 2.47. The fraction of sp³-hybridized carbons (Fsp3) is 0.235. The monoisotopic (exact) mass is 396 g/mol. The van der Waals surface area contributed by atoms with Crippen LogP contribution in [0.25, 0.3) is 0 Å². The van der Waals surface area contributed by atoms with Gasteiger partial charge in [0.15, 0.2) is 0 Å². The molecule has 0 unspecified atom stereocenters. The number of hydrogen-bond donors (Lipinski definition) is 2. The number of thioether (sulfide) groups is 1. The van der Waals surface area contributed by atoms with Crippen molar-refractivity contribution in [3.63, 3.8) is 0 Å². The SMILES string of the molecule is CC[C@@H]1Sc2ccc(S(=O)(=O)Nc3cc(Cl)ccc3C)cc2NC1=O. The normalized spacial score (nSPS) is 16.9. The summed E-state index contributed by atoms with van der Waals surface area (Å²) in [5.74, 6) is -0.104. The van der Waals surface area contributed by atoms with Gasteiger partial charge in [-0.25, -0.2) is 8.42 Å². The van der Waals surface area contributed by atoms with Gasteiger partial charge in [0.25, 0.3) is 10.0 Å². The van der Waals surface area contributed by atoms with Crippen LogP contribution in [0.2, 0.25) is 5.02 Å². The molecule has 1 aliphatic heterocycles. The third-order valence-corrected chi connectivity index (χ3v) is 6.94. The quantitative estimate of drug-likeness (QED) is 0.809. The Kier molecular flexibility index (Phi) is 4.99.